The van der Waals surface area contributed by atoms with Crippen molar-refractivity contribution in [3.05, 3.63) is 53.9 Å². The van der Waals surface area contributed by atoms with Gasteiger partial charge in [-0.05, 0) is 77.2 Å². The van der Waals surface area contributed by atoms with Crippen molar-refractivity contribution in [2.24, 2.45) is 5.92 Å². The Kier molecular flexibility index (Phi) is 8.51. The number of thiazole rings is 1. The summed E-state index contributed by atoms with van der Waals surface area (Å²) in [6, 6.07) is 10.2. The number of nitrogens with two attached hydrogens (primary N) is 1. The van der Waals surface area contributed by atoms with Gasteiger partial charge in [-0.3, -0.25) is 14.6 Å². The van der Waals surface area contributed by atoms with E-state index in [1.807, 2.05) is 11.3 Å². The van der Waals surface area contributed by atoms with Crippen LogP contribution in [0.3, 0.4) is 0 Å². The Labute approximate surface area is 245 Å². The Morgan fingerprint density at radius 3 is 2.66 bits per heavy atom. The number of nitrogens with one attached hydrogen (secondary N) is 1. The quantitative estimate of drug-likeness (QED) is 0.313. The minimum atomic E-state index is -0.649. The van der Waals surface area contributed by atoms with E-state index in [4.69, 9.17) is 10.7 Å². The number of carbonyl (C=O) groups excluding carboxylic acids is 2. The molecule has 3 aromatic heterocycles. The number of hydrogen-bond donors (Lipinski definition) is 2. The average Bonchev–Trinajstić information content (AvgIpc) is 3.39. The van der Waals surface area contributed by atoms with Crippen LogP contribution < -0.4 is 11.1 Å². The van der Waals surface area contributed by atoms with Crippen LogP contribution in [0.5, 0.6) is 0 Å². The highest BCUT2D eigenvalue weighted by molar-refractivity contribution is 7.18. The second-order valence-corrected chi connectivity index (χ2v) is 12.9. The number of fused-ring (bicyclic) bond motifs is 2. The Bertz CT molecular complexity index is 1520. The monoisotopic (exact) mass is 573 g/mol. The third-order valence-electron chi connectivity index (χ3n) is 8.36. The van der Waals surface area contributed by atoms with Crippen LogP contribution in [0.15, 0.2) is 48.9 Å². The zero-order valence-electron chi connectivity index (χ0n) is 24.3. The maximum absolute atomic E-state index is 12.3. The van der Waals surface area contributed by atoms with Gasteiger partial charge in [0.15, 0.2) is 0 Å². The molecule has 4 aromatic rings. The van der Waals surface area contributed by atoms with Gasteiger partial charge >= 0.3 is 11.8 Å². The van der Waals surface area contributed by atoms with Crippen molar-refractivity contribution in [1.29, 1.82) is 0 Å². The summed E-state index contributed by atoms with van der Waals surface area (Å²) in [5.41, 5.74) is 7.72. The summed E-state index contributed by atoms with van der Waals surface area (Å²) in [5.74, 6) is 0.237. The molecule has 41 heavy (non-hydrogen) atoms. The number of rotatable bonds is 2. The van der Waals surface area contributed by atoms with E-state index in [9.17, 15) is 9.59 Å². The van der Waals surface area contributed by atoms with Gasteiger partial charge in [0.25, 0.3) is 0 Å². The highest BCUT2D eigenvalue weighted by Crippen LogP contribution is 2.39. The second kappa shape index (κ2) is 12.1. The number of amides is 2. The predicted octanol–water partition coefficient (Wildman–Crippen LogP) is 5.29. The molecule has 2 atom stereocenters. The van der Waals surface area contributed by atoms with Gasteiger partial charge in [-0.2, -0.15) is 0 Å². The van der Waals surface area contributed by atoms with Gasteiger partial charge < -0.3 is 20.9 Å². The third kappa shape index (κ3) is 6.49. The van der Waals surface area contributed by atoms with E-state index in [1.165, 1.54) is 35.3 Å². The molecule has 10 heteroatoms. The molecule has 6 rings (SSSR count). The Balaban J connectivity index is 0.000000169. The highest BCUT2D eigenvalue weighted by Gasteiger charge is 2.34. The fourth-order valence-corrected chi connectivity index (χ4v) is 6.80. The summed E-state index contributed by atoms with van der Waals surface area (Å²) >= 11 is 1.88. The predicted molar refractivity (Wildman–Crippen MR) is 166 cm³/mol. The van der Waals surface area contributed by atoms with Gasteiger partial charge in [0.05, 0.1) is 27.1 Å². The van der Waals surface area contributed by atoms with E-state index < -0.39 is 11.8 Å². The first-order chi connectivity index (χ1) is 19.6. The van der Waals surface area contributed by atoms with Gasteiger partial charge in [-0.25, -0.2) is 9.97 Å². The van der Waals surface area contributed by atoms with Crippen molar-refractivity contribution in [3.8, 4) is 0 Å². The van der Waals surface area contributed by atoms with Crippen LogP contribution in [-0.4, -0.2) is 68.8 Å². The maximum Gasteiger partial charge on any atom is 0.313 e. The summed E-state index contributed by atoms with van der Waals surface area (Å²) in [6.45, 7) is 9.19. The van der Waals surface area contributed by atoms with Crippen molar-refractivity contribution in [1.82, 2.24) is 24.8 Å². The lowest BCUT2D eigenvalue weighted by Crippen LogP contribution is -2.46. The fourth-order valence-electron chi connectivity index (χ4n) is 5.70. The second-order valence-electron chi connectivity index (χ2n) is 11.9. The molecule has 1 unspecified atom stereocenters. The number of piperidine rings is 2. The summed E-state index contributed by atoms with van der Waals surface area (Å²) < 4.78 is 1.32. The molecule has 2 aliphatic rings. The number of nitrogens with zero attached hydrogens (tertiary/aromatic N) is 5. The maximum atomic E-state index is 12.3. The van der Waals surface area contributed by atoms with Crippen LogP contribution in [0, 0.1) is 5.92 Å². The van der Waals surface area contributed by atoms with E-state index >= 15 is 0 Å². The molecule has 0 saturated carbocycles. The number of carbonyl (C=O) groups is 2. The first-order valence-corrected chi connectivity index (χ1v) is 15.1. The lowest BCUT2D eigenvalue weighted by molar-refractivity contribution is -0.144. The molecular formula is C31H39N7O2S. The number of hydrogen-bond acceptors (Lipinski definition) is 8. The molecular weight excluding hydrogens is 534 g/mol. The van der Waals surface area contributed by atoms with Crippen molar-refractivity contribution >= 4 is 55.6 Å². The summed E-state index contributed by atoms with van der Waals surface area (Å²) in [7, 11) is 2.23. The highest BCUT2D eigenvalue weighted by atomic mass is 32.1. The largest absolute Gasteiger partial charge is 0.383 e. The lowest BCUT2D eigenvalue weighted by Gasteiger charge is -2.43. The Morgan fingerprint density at radius 2 is 1.90 bits per heavy atom. The molecule has 0 radical (unpaired) electrons. The Hall–Kier alpha value is -3.63. The van der Waals surface area contributed by atoms with Crippen molar-refractivity contribution in [2.45, 2.75) is 57.9 Å². The Morgan fingerprint density at radius 1 is 1.10 bits per heavy atom. The number of likely N-dealkylation sites (tertiary alicyclic amines) is 2. The van der Waals surface area contributed by atoms with Gasteiger partial charge in [-0.1, -0.05) is 19.1 Å². The van der Waals surface area contributed by atoms with Crippen LogP contribution in [-0.2, 0) is 9.59 Å². The molecule has 9 nitrogen and oxygen atoms in total. The smallest absolute Gasteiger partial charge is 0.313 e. The minimum absolute atomic E-state index is 0.292. The van der Waals surface area contributed by atoms with E-state index in [0.29, 0.717) is 52.7 Å². The van der Waals surface area contributed by atoms with E-state index in [0.717, 1.165) is 18.4 Å². The number of pyridine rings is 2. The molecule has 2 saturated heterocycles. The number of nitrogen functional groups attached to an aromatic ring is 1. The SMILES string of the molecule is CC1CCCN(C(=O)C(=O)Nc2cncc3c(N)nccc23)C1.CN1CC[C@H](c2nc3ccccc3s2)CC1(C)C. The average molecular weight is 574 g/mol. The lowest BCUT2D eigenvalue weighted by atomic mass is 9.83. The standard InChI is InChI=1S/C16H19N5O2.C15H20N2S/c1-10-3-2-6-21(9-10)16(23)15(22)20-13-8-18-7-12-11(13)4-5-19-14(12)17;1-15(2)10-11(8-9-17(15)3)14-16-12-6-4-5-7-13(12)18-14/h4-5,7-8,10H,2-3,6,9H2,1H3,(H2,17,19)(H,20,22);4-7,11H,8-10H2,1-3H3/t;11-/m.0/s1. The summed E-state index contributed by atoms with van der Waals surface area (Å²) in [4.78, 5) is 41.5. The molecule has 3 N–H and O–H groups in total. The normalized spacial score (nSPS) is 20.8. The number of para-hydroxylation sites is 1. The molecule has 216 valence electrons. The molecule has 5 heterocycles. The molecule has 2 amide bonds. The fraction of sp³-hybridized carbons (Fsp3) is 0.452. The zero-order chi connectivity index (χ0) is 29.1. The first-order valence-electron chi connectivity index (χ1n) is 14.3. The van der Waals surface area contributed by atoms with Crippen molar-refractivity contribution < 1.29 is 9.59 Å². The van der Waals surface area contributed by atoms with E-state index in [-0.39, 0.29) is 0 Å². The topological polar surface area (TPSA) is 117 Å². The molecule has 0 spiro atoms. The van der Waals surface area contributed by atoms with Crippen LogP contribution in [0.4, 0.5) is 11.5 Å². The van der Waals surface area contributed by atoms with Crippen LogP contribution in [0.1, 0.15) is 57.4 Å². The summed E-state index contributed by atoms with van der Waals surface area (Å²) in [5, 5.41) is 5.33. The first kappa shape index (κ1) is 28.9. The molecule has 0 bridgehead atoms. The summed E-state index contributed by atoms with van der Waals surface area (Å²) in [6.07, 6.45) is 9.11. The molecule has 1 aromatic carbocycles. The van der Waals surface area contributed by atoms with E-state index in [2.05, 4.69) is 72.3 Å². The number of benzene rings is 1. The van der Waals surface area contributed by atoms with Crippen molar-refractivity contribution in [3.63, 3.8) is 0 Å². The number of anilines is 2. The zero-order valence-corrected chi connectivity index (χ0v) is 25.1. The van der Waals surface area contributed by atoms with Crippen LogP contribution in [0.2, 0.25) is 0 Å². The van der Waals surface area contributed by atoms with Gasteiger partial charge in [-0.15, -0.1) is 11.3 Å². The van der Waals surface area contributed by atoms with Crippen LogP contribution in [0.25, 0.3) is 21.0 Å². The van der Waals surface area contributed by atoms with Gasteiger partial charge in [0.1, 0.15) is 5.82 Å². The van der Waals surface area contributed by atoms with Gasteiger partial charge in [0, 0.05) is 47.7 Å². The number of aromatic nitrogens is 3. The minimum Gasteiger partial charge on any atom is -0.383 e. The molecule has 2 fully saturated rings. The molecule has 0 aliphatic carbocycles. The van der Waals surface area contributed by atoms with Crippen LogP contribution >= 0.6 is 11.3 Å². The van der Waals surface area contributed by atoms with E-state index in [1.54, 1.807) is 23.4 Å². The third-order valence-corrected chi connectivity index (χ3v) is 9.56. The molecule has 2 aliphatic heterocycles. The van der Waals surface area contributed by atoms with Crippen molar-refractivity contribution in [2.75, 3.05) is 37.7 Å². The van der Waals surface area contributed by atoms with Gasteiger partial charge in [0.2, 0.25) is 0 Å².